The molecule has 1 aliphatic carbocycles. The molecule has 3 nitrogen and oxygen atoms in total. The highest BCUT2D eigenvalue weighted by Gasteiger charge is 2.30. The second-order valence-corrected chi connectivity index (χ2v) is 4.74. The lowest BCUT2D eigenvalue weighted by Crippen LogP contribution is -2.47. The lowest BCUT2D eigenvalue weighted by molar-refractivity contribution is 0.0815. The van der Waals surface area contributed by atoms with Crippen LogP contribution < -0.4 is 14.8 Å². The first-order valence-corrected chi connectivity index (χ1v) is 6.95. The largest absolute Gasteiger partial charge is 0.490 e. The summed E-state index contributed by atoms with van der Waals surface area (Å²) in [4.78, 5) is 0. The predicted molar refractivity (Wildman–Crippen MR) is 73.3 cm³/mol. The third-order valence-corrected chi connectivity index (χ3v) is 3.22. The maximum absolute atomic E-state index is 5.98. The summed E-state index contributed by atoms with van der Waals surface area (Å²) in [6.07, 6.45) is 3.72. The summed E-state index contributed by atoms with van der Waals surface area (Å²) >= 11 is 0. The Morgan fingerprint density at radius 2 is 1.89 bits per heavy atom. The Morgan fingerprint density at radius 3 is 2.56 bits per heavy atom. The molecule has 0 spiro atoms. The fourth-order valence-electron chi connectivity index (χ4n) is 2.18. The highest BCUT2D eigenvalue weighted by molar-refractivity contribution is 5.39. The van der Waals surface area contributed by atoms with E-state index in [9.17, 15) is 0 Å². The van der Waals surface area contributed by atoms with Crippen LogP contribution in [-0.2, 0) is 0 Å². The van der Waals surface area contributed by atoms with Crippen LogP contribution in [0.3, 0.4) is 0 Å². The molecule has 1 aromatic rings. The average Bonchev–Trinajstić information content (AvgIpc) is 2.34. The second kappa shape index (κ2) is 6.64. The van der Waals surface area contributed by atoms with Gasteiger partial charge in [0, 0.05) is 6.04 Å². The first-order valence-electron chi connectivity index (χ1n) is 6.95. The van der Waals surface area contributed by atoms with Crippen LogP contribution in [0.2, 0.25) is 0 Å². The van der Waals surface area contributed by atoms with E-state index in [2.05, 4.69) is 12.2 Å². The van der Waals surface area contributed by atoms with Crippen LogP contribution in [0, 0.1) is 0 Å². The minimum Gasteiger partial charge on any atom is -0.490 e. The average molecular weight is 249 g/mol. The molecule has 1 N–H and O–H groups in total. The van der Waals surface area contributed by atoms with Gasteiger partial charge < -0.3 is 14.8 Å². The zero-order chi connectivity index (χ0) is 12.8. The molecular formula is C15H23NO2. The Kier molecular flexibility index (Phi) is 4.88. The highest BCUT2D eigenvalue weighted by Crippen LogP contribution is 2.32. The maximum Gasteiger partial charge on any atom is 0.161 e. The summed E-state index contributed by atoms with van der Waals surface area (Å²) in [5.74, 6) is 1.73. The molecule has 1 saturated carbocycles. The minimum absolute atomic E-state index is 0.334. The first kappa shape index (κ1) is 13.2. The van der Waals surface area contributed by atoms with Gasteiger partial charge in [0.1, 0.15) is 6.10 Å². The van der Waals surface area contributed by atoms with Crippen molar-refractivity contribution in [3.63, 3.8) is 0 Å². The van der Waals surface area contributed by atoms with Gasteiger partial charge in [0.05, 0.1) is 6.61 Å². The van der Waals surface area contributed by atoms with E-state index in [4.69, 9.17) is 9.47 Å². The Hall–Kier alpha value is -1.22. The Labute approximate surface area is 109 Å². The number of rotatable bonds is 7. The van der Waals surface area contributed by atoms with Crippen LogP contribution in [0.4, 0.5) is 0 Å². The molecular weight excluding hydrogens is 226 g/mol. The summed E-state index contributed by atoms with van der Waals surface area (Å²) in [5, 5.41) is 3.51. The minimum atomic E-state index is 0.334. The van der Waals surface area contributed by atoms with Gasteiger partial charge in [-0.3, -0.25) is 0 Å². The fraction of sp³-hybridized carbons (Fsp3) is 0.600. The zero-order valence-electron chi connectivity index (χ0n) is 11.3. The van der Waals surface area contributed by atoms with Crippen LogP contribution in [0.5, 0.6) is 11.5 Å². The predicted octanol–water partition coefficient (Wildman–Crippen LogP) is 2.99. The van der Waals surface area contributed by atoms with Gasteiger partial charge in [-0.1, -0.05) is 19.1 Å². The van der Waals surface area contributed by atoms with Gasteiger partial charge >= 0.3 is 0 Å². The fourth-order valence-corrected chi connectivity index (χ4v) is 2.18. The van der Waals surface area contributed by atoms with Crippen molar-refractivity contribution in [3.8, 4) is 11.5 Å². The van der Waals surface area contributed by atoms with Gasteiger partial charge in [-0.25, -0.2) is 0 Å². The summed E-state index contributed by atoms with van der Waals surface area (Å²) in [7, 11) is 0. The van der Waals surface area contributed by atoms with Crippen molar-refractivity contribution >= 4 is 0 Å². The summed E-state index contributed by atoms with van der Waals surface area (Å²) < 4.78 is 11.5. The molecule has 0 atom stereocenters. The van der Waals surface area contributed by atoms with Crippen molar-refractivity contribution < 1.29 is 9.47 Å². The first-order chi connectivity index (χ1) is 8.83. The van der Waals surface area contributed by atoms with E-state index in [-0.39, 0.29) is 0 Å². The Morgan fingerprint density at radius 1 is 1.17 bits per heavy atom. The molecule has 3 heteroatoms. The Balaban J connectivity index is 1.81. The van der Waals surface area contributed by atoms with E-state index in [1.165, 1.54) is 6.42 Å². The monoisotopic (exact) mass is 249 g/mol. The van der Waals surface area contributed by atoms with Crippen molar-refractivity contribution in [3.05, 3.63) is 24.3 Å². The van der Waals surface area contributed by atoms with Crippen molar-refractivity contribution in [2.75, 3.05) is 13.2 Å². The SMILES string of the molecule is CCCNC1CC(Oc2ccccc2OCC)C1. The van der Waals surface area contributed by atoms with Gasteiger partial charge in [-0.15, -0.1) is 0 Å². The van der Waals surface area contributed by atoms with Gasteiger partial charge in [0.2, 0.25) is 0 Å². The number of hydrogen-bond donors (Lipinski definition) is 1. The molecule has 0 aromatic heterocycles. The molecule has 1 aliphatic rings. The van der Waals surface area contributed by atoms with E-state index < -0.39 is 0 Å². The lowest BCUT2D eigenvalue weighted by Gasteiger charge is -2.36. The van der Waals surface area contributed by atoms with Gasteiger partial charge in [0.25, 0.3) is 0 Å². The second-order valence-electron chi connectivity index (χ2n) is 4.74. The van der Waals surface area contributed by atoms with Gasteiger partial charge in [-0.05, 0) is 44.9 Å². The molecule has 0 saturated heterocycles. The molecule has 100 valence electrons. The number of para-hydroxylation sites is 2. The van der Waals surface area contributed by atoms with Gasteiger partial charge in [-0.2, -0.15) is 0 Å². The van der Waals surface area contributed by atoms with Crippen molar-refractivity contribution in [2.24, 2.45) is 0 Å². The van der Waals surface area contributed by atoms with E-state index >= 15 is 0 Å². The number of ether oxygens (including phenoxy) is 2. The van der Waals surface area contributed by atoms with Crippen LogP contribution >= 0.6 is 0 Å². The zero-order valence-corrected chi connectivity index (χ0v) is 11.3. The smallest absolute Gasteiger partial charge is 0.161 e. The summed E-state index contributed by atoms with van der Waals surface area (Å²) in [6, 6.07) is 8.55. The maximum atomic E-state index is 5.98. The van der Waals surface area contributed by atoms with Gasteiger partial charge in [0.15, 0.2) is 11.5 Å². The topological polar surface area (TPSA) is 30.5 Å². The van der Waals surface area contributed by atoms with Crippen LogP contribution in [0.15, 0.2) is 24.3 Å². The molecule has 0 amide bonds. The van der Waals surface area contributed by atoms with Crippen LogP contribution in [-0.4, -0.2) is 25.3 Å². The highest BCUT2D eigenvalue weighted by atomic mass is 16.5. The van der Waals surface area contributed by atoms with E-state index in [0.29, 0.717) is 18.8 Å². The van der Waals surface area contributed by atoms with E-state index in [1.807, 2.05) is 31.2 Å². The molecule has 0 aliphatic heterocycles. The number of nitrogens with one attached hydrogen (secondary N) is 1. The molecule has 1 aromatic carbocycles. The van der Waals surface area contributed by atoms with E-state index in [1.54, 1.807) is 0 Å². The molecule has 18 heavy (non-hydrogen) atoms. The Bertz CT molecular complexity index is 361. The molecule has 2 rings (SSSR count). The molecule has 0 radical (unpaired) electrons. The molecule has 0 heterocycles. The van der Waals surface area contributed by atoms with Crippen LogP contribution in [0.25, 0.3) is 0 Å². The standard InChI is InChI=1S/C15H23NO2/c1-3-9-16-12-10-13(11-12)18-15-8-6-5-7-14(15)17-4-2/h5-8,12-13,16H,3-4,9-11H2,1-2H3. The van der Waals surface area contributed by atoms with Crippen LogP contribution in [0.1, 0.15) is 33.1 Å². The van der Waals surface area contributed by atoms with Crippen molar-refractivity contribution in [2.45, 2.75) is 45.3 Å². The number of benzene rings is 1. The normalized spacial score (nSPS) is 22.3. The number of hydrogen-bond acceptors (Lipinski definition) is 3. The third-order valence-electron chi connectivity index (χ3n) is 3.22. The quantitative estimate of drug-likeness (QED) is 0.806. The molecule has 0 unspecified atom stereocenters. The summed E-state index contributed by atoms with van der Waals surface area (Å²) in [6.45, 7) is 5.96. The van der Waals surface area contributed by atoms with Crippen molar-refractivity contribution in [1.29, 1.82) is 0 Å². The molecule has 1 fully saturated rings. The summed E-state index contributed by atoms with van der Waals surface area (Å²) in [5.41, 5.74) is 0. The lowest BCUT2D eigenvalue weighted by atomic mass is 9.89. The van der Waals surface area contributed by atoms with Crippen molar-refractivity contribution in [1.82, 2.24) is 5.32 Å². The molecule has 0 bridgehead atoms. The third kappa shape index (κ3) is 3.39. The van der Waals surface area contributed by atoms with E-state index in [0.717, 1.165) is 30.9 Å².